The van der Waals surface area contributed by atoms with E-state index in [1.54, 1.807) is 30.4 Å². The Morgan fingerprint density at radius 2 is 2.03 bits per heavy atom. The minimum atomic E-state index is -1.32. The van der Waals surface area contributed by atoms with Crippen molar-refractivity contribution >= 4 is 11.6 Å². The summed E-state index contributed by atoms with van der Waals surface area (Å²) in [5, 5.41) is 24.3. The highest BCUT2D eigenvalue weighted by Gasteiger charge is 2.69. The fourth-order valence-electron chi connectivity index (χ4n) is 4.62. The number of rotatable bonds is 4. The maximum Gasteiger partial charge on any atom is 0.175 e. The van der Waals surface area contributed by atoms with E-state index in [4.69, 9.17) is 21.6 Å². The Kier molecular flexibility index (Phi) is 6.66. The van der Waals surface area contributed by atoms with Crippen molar-refractivity contribution in [1.29, 1.82) is 5.26 Å². The number of pyridine rings is 1. The van der Waals surface area contributed by atoms with Crippen LogP contribution in [0.25, 0.3) is 0 Å². The summed E-state index contributed by atoms with van der Waals surface area (Å²) in [7, 11) is 3.75. The first-order valence-corrected chi connectivity index (χ1v) is 10.4. The van der Waals surface area contributed by atoms with Gasteiger partial charge in [-0.15, -0.1) is 0 Å². The number of nitrogens with one attached hydrogen (secondary N) is 1. The number of hydrogen-bond donors (Lipinski definition) is 2. The quantitative estimate of drug-likeness (QED) is 0.685. The van der Waals surface area contributed by atoms with Gasteiger partial charge in [-0.2, -0.15) is 5.26 Å². The number of aromatic nitrogens is 1. The van der Waals surface area contributed by atoms with Crippen LogP contribution >= 0.6 is 11.6 Å². The van der Waals surface area contributed by atoms with Gasteiger partial charge in [0.25, 0.3) is 0 Å². The summed E-state index contributed by atoms with van der Waals surface area (Å²) >= 11 is 6.13. The van der Waals surface area contributed by atoms with Gasteiger partial charge in [0.2, 0.25) is 0 Å². The van der Waals surface area contributed by atoms with Crippen LogP contribution < -0.4 is 10.1 Å². The number of allylic oxidation sites excluding steroid dienone is 3. The van der Waals surface area contributed by atoms with Gasteiger partial charge in [0.05, 0.1) is 16.7 Å². The zero-order valence-electron chi connectivity index (χ0n) is 17.7. The smallest absolute Gasteiger partial charge is 0.175 e. The van der Waals surface area contributed by atoms with Gasteiger partial charge in [-0.25, -0.2) is 0 Å². The molecule has 1 aromatic carbocycles. The second kappa shape index (κ2) is 9.07. The molecule has 0 spiro atoms. The van der Waals surface area contributed by atoms with Gasteiger partial charge in [-0.05, 0) is 50.2 Å². The molecule has 0 amide bonds. The molecular weight excluding hydrogens is 410 g/mol. The molecular formula is C25H26ClN3O2. The number of nitrogens with zero attached hydrogens (tertiary/aromatic N) is 2. The second-order valence-corrected chi connectivity index (χ2v) is 8.02. The molecule has 1 aliphatic heterocycles. The van der Waals surface area contributed by atoms with Crippen LogP contribution in [0, 0.1) is 17.2 Å². The maximum absolute atomic E-state index is 11.9. The van der Waals surface area contributed by atoms with E-state index in [1.807, 2.05) is 32.3 Å². The van der Waals surface area contributed by atoms with Crippen LogP contribution in [0.2, 0.25) is 5.02 Å². The SMILES string of the molecule is C=C/C=C(\C=C)C1CCC2(O)c3ncc(Cl)cc3OC12c1ccc(C#N)cc1.CNC. The van der Waals surface area contributed by atoms with Crippen molar-refractivity contribution in [3.8, 4) is 11.8 Å². The Bertz CT molecular complexity index is 1060. The highest BCUT2D eigenvalue weighted by Crippen LogP contribution is 2.65. The van der Waals surface area contributed by atoms with E-state index in [0.29, 0.717) is 34.9 Å². The predicted octanol–water partition coefficient (Wildman–Crippen LogP) is 4.63. The summed E-state index contributed by atoms with van der Waals surface area (Å²) in [6.07, 6.45) is 8.06. The van der Waals surface area contributed by atoms with Crippen molar-refractivity contribution in [2.75, 3.05) is 14.1 Å². The number of nitriles is 1. The summed E-state index contributed by atoms with van der Waals surface area (Å²) < 4.78 is 6.50. The van der Waals surface area contributed by atoms with Crippen LogP contribution in [0.15, 0.2) is 73.5 Å². The van der Waals surface area contributed by atoms with Crippen LogP contribution in [0.4, 0.5) is 0 Å². The van der Waals surface area contributed by atoms with Crippen LogP contribution in [-0.2, 0) is 11.2 Å². The molecule has 4 rings (SSSR count). The molecule has 0 bridgehead atoms. The Labute approximate surface area is 188 Å². The molecule has 160 valence electrons. The molecule has 6 heteroatoms. The number of fused-ring (bicyclic) bond motifs is 3. The third-order valence-corrected chi connectivity index (χ3v) is 5.98. The molecule has 2 heterocycles. The van der Waals surface area contributed by atoms with E-state index in [0.717, 1.165) is 11.1 Å². The molecule has 2 N–H and O–H groups in total. The van der Waals surface area contributed by atoms with Crippen molar-refractivity contribution in [3.63, 3.8) is 0 Å². The minimum absolute atomic E-state index is 0.172. The fourth-order valence-corrected chi connectivity index (χ4v) is 4.77. The standard InChI is InChI=1S/C23H19ClN2O2.C2H7N/c1-3-5-16(4-2)19-10-11-22(27)21-20(12-18(24)14-26-21)28-23(19,22)17-8-6-15(13-25)7-9-17;1-3-2/h3-9,12,14,19,27H,1-2,10-11H2;3H,1-2H3/b16-5+;. The zero-order valence-corrected chi connectivity index (χ0v) is 18.5. The average Bonchev–Trinajstić information content (AvgIpc) is 3.19. The Morgan fingerprint density at radius 3 is 2.61 bits per heavy atom. The van der Waals surface area contributed by atoms with Gasteiger partial charge in [0, 0.05) is 18.2 Å². The van der Waals surface area contributed by atoms with Crippen LogP contribution in [0.5, 0.6) is 5.75 Å². The number of ether oxygens (including phenoxy) is 1. The number of hydrogen-bond acceptors (Lipinski definition) is 5. The van der Waals surface area contributed by atoms with E-state index in [-0.39, 0.29) is 5.92 Å². The number of benzene rings is 1. The van der Waals surface area contributed by atoms with E-state index < -0.39 is 11.2 Å². The lowest BCUT2D eigenvalue weighted by molar-refractivity contribution is -0.113. The normalized spacial score (nSPS) is 25.9. The topological polar surface area (TPSA) is 78.2 Å². The molecule has 2 aromatic rings. The maximum atomic E-state index is 11.9. The lowest BCUT2D eigenvalue weighted by atomic mass is 9.72. The van der Waals surface area contributed by atoms with E-state index in [9.17, 15) is 5.11 Å². The summed E-state index contributed by atoms with van der Waals surface area (Å²) in [4.78, 5) is 4.42. The molecule has 1 saturated carbocycles. The van der Waals surface area contributed by atoms with Crippen LogP contribution in [-0.4, -0.2) is 24.2 Å². The minimum Gasteiger partial charge on any atom is -0.476 e. The summed E-state index contributed by atoms with van der Waals surface area (Å²) in [6.45, 7) is 7.74. The van der Waals surface area contributed by atoms with Crippen molar-refractivity contribution in [1.82, 2.24) is 10.3 Å². The van der Waals surface area contributed by atoms with E-state index >= 15 is 0 Å². The molecule has 0 radical (unpaired) electrons. The number of halogens is 1. The third kappa shape index (κ3) is 3.57. The molecule has 31 heavy (non-hydrogen) atoms. The van der Waals surface area contributed by atoms with Gasteiger partial charge in [-0.1, -0.05) is 55.1 Å². The zero-order chi connectivity index (χ0) is 22.6. The molecule has 3 unspecified atom stereocenters. The summed E-state index contributed by atoms with van der Waals surface area (Å²) in [5.74, 6) is 0.306. The van der Waals surface area contributed by atoms with Crippen molar-refractivity contribution in [2.24, 2.45) is 5.92 Å². The molecule has 0 saturated heterocycles. The lowest BCUT2D eigenvalue weighted by Crippen LogP contribution is -2.49. The van der Waals surface area contributed by atoms with Crippen LogP contribution in [0.1, 0.15) is 29.7 Å². The highest BCUT2D eigenvalue weighted by atomic mass is 35.5. The van der Waals surface area contributed by atoms with Gasteiger partial charge < -0.3 is 15.2 Å². The first kappa shape index (κ1) is 22.8. The first-order valence-electron chi connectivity index (χ1n) is 10.0. The molecule has 3 atom stereocenters. The first-order chi connectivity index (χ1) is 14.9. The summed E-state index contributed by atoms with van der Waals surface area (Å²) in [5.41, 5.74) is 0.321. The van der Waals surface area contributed by atoms with Gasteiger partial charge in [0.15, 0.2) is 11.2 Å². The molecule has 1 fully saturated rings. The second-order valence-electron chi connectivity index (χ2n) is 7.59. The Balaban J connectivity index is 0.000000858. The van der Waals surface area contributed by atoms with Crippen molar-refractivity contribution in [3.05, 3.63) is 95.3 Å². The molecule has 1 aromatic heterocycles. The summed E-state index contributed by atoms with van der Waals surface area (Å²) in [6, 6.07) is 11.0. The van der Waals surface area contributed by atoms with Crippen molar-refractivity contribution < 1.29 is 9.84 Å². The predicted molar refractivity (Wildman–Crippen MR) is 123 cm³/mol. The number of aliphatic hydroxyl groups is 1. The Morgan fingerprint density at radius 1 is 1.35 bits per heavy atom. The monoisotopic (exact) mass is 435 g/mol. The van der Waals surface area contributed by atoms with Gasteiger partial charge in [-0.3, -0.25) is 4.98 Å². The Hall–Kier alpha value is -2.91. The fraction of sp³-hybridized carbons (Fsp3) is 0.280. The van der Waals surface area contributed by atoms with Gasteiger partial charge >= 0.3 is 0 Å². The third-order valence-electron chi connectivity index (χ3n) is 5.77. The average molecular weight is 436 g/mol. The largest absolute Gasteiger partial charge is 0.476 e. The van der Waals surface area contributed by atoms with E-state index in [1.165, 1.54) is 6.20 Å². The van der Waals surface area contributed by atoms with Gasteiger partial charge in [0.1, 0.15) is 11.4 Å². The molecule has 1 aliphatic carbocycles. The highest BCUT2D eigenvalue weighted by molar-refractivity contribution is 6.30. The molecule has 2 aliphatic rings. The van der Waals surface area contributed by atoms with Crippen molar-refractivity contribution in [2.45, 2.75) is 24.0 Å². The molecule has 5 nitrogen and oxygen atoms in total. The van der Waals surface area contributed by atoms with Crippen LogP contribution in [0.3, 0.4) is 0 Å². The lowest BCUT2D eigenvalue weighted by Gasteiger charge is -2.40. The van der Waals surface area contributed by atoms with E-state index in [2.05, 4.69) is 29.5 Å².